The lowest BCUT2D eigenvalue weighted by Gasteiger charge is -2.06. The molecule has 2 N–H and O–H groups in total. The first-order valence-electron chi connectivity index (χ1n) is 6.41. The summed E-state index contributed by atoms with van der Waals surface area (Å²) in [4.78, 5) is 12.1. The standard InChI is InChI=1S/C14H14N6O/c1-9-12(7-15-18-9)14(21)17-11-5-3-10(4-6-11)13-19-16-8-20(13)2/h3-8H,1-2H3,(H,15,18)(H,17,21). The summed E-state index contributed by atoms with van der Waals surface area (Å²) in [7, 11) is 1.88. The summed E-state index contributed by atoms with van der Waals surface area (Å²) in [5.74, 6) is 0.589. The van der Waals surface area contributed by atoms with Crippen molar-refractivity contribution in [1.82, 2.24) is 25.0 Å². The number of aryl methyl sites for hydroxylation is 2. The van der Waals surface area contributed by atoms with Crippen LogP contribution in [-0.2, 0) is 7.05 Å². The van der Waals surface area contributed by atoms with Crippen LogP contribution in [0.4, 0.5) is 5.69 Å². The number of carbonyl (C=O) groups excluding carboxylic acids is 1. The number of aromatic nitrogens is 5. The monoisotopic (exact) mass is 282 g/mol. The number of anilines is 1. The van der Waals surface area contributed by atoms with Gasteiger partial charge in [-0.3, -0.25) is 9.89 Å². The summed E-state index contributed by atoms with van der Waals surface area (Å²) >= 11 is 0. The van der Waals surface area contributed by atoms with Crippen molar-refractivity contribution in [3.63, 3.8) is 0 Å². The molecule has 2 aromatic heterocycles. The van der Waals surface area contributed by atoms with Crippen molar-refractivity contribution in [3.05, 3.63) is 48.0 Å². The maximum Gasteiger partial charge on any atom is 0.259 e. The van der Waals surface area contributed by atoms with Crippen molar-refractivity contribution in [2.45, 2.75) is 6.92 Å². The fourth-order valence-electron chi connectivity index (χ4n) is 2.03. The number of aromatic amines is 1. The van der Waals surface area contributed by atoms with E-state index in [-0.39, 0.29) is 5.91 Å². The van der Waals surface area contributed by atoms with Gasteiger partial charge in [0.05, 0.1) is 11.8 Å². The highest BCUT2D eigenvalue weighted by atomic mass is 16.1. The van der Waals surface area contributed by atoms with Gasteiger partial charge in [-0.05, 0) is 31.2 Å². The fourth-order valence-corrected chi connectivity index (χ4v) is 2.03. The molecule has 0 atom stereocenters. The maximum absolute atomic E-state index is 12.1. The van der Waals surface area contributed by atoms with Gasteiger partial charge in [0.1, 0.15) is 6.33 Å². The number of nitrogens with one attached hydrogen (secondary N) is 2. The van der Waals surface area contributed by atoms with E-state index >= 15 is 0 Å². The third-order valence-corrected chi connectivity index (χ3v) is 3.19. The van der Waals surface area contributed by atoms with E-state index in [1.54, 1.807) is 13.3 Å². The van der Waals surface area contributed by atoms with Crippen LogP contribution in [-0.4, -0.2) is 30.9 Å². The zero-order valence-electron chi connectivity index (χ0n) is 11.7. The quantitative estimate of drug-likeness (QED) is 0.766. The number of rotatable bonds is 3. The summed E-state index contributed by atoms with van der Waals surface area (Å²) in [5.41, 5.74) is 2.93. The van der Waals surface area contributed by atoms with Crippen molar-refractivity contribution in [3.8, 4) is 11.4 Å². The van der Waals surface area contributed by atoms with Crippen molar-refractivity contribution in [2.75, 3.05) is 5.32 Å². The molecule has 0 aliphatic rings. The Morgan fingerprint density at radius 1 is 1.29 bits per heavy atom. The molecule has 1 amide bonds. The van der Waals surface area contributed by atoms with Crippen LogP contribution in [0.3, 0.4) is 0 Å². The topological polar surface area (TPSA) is 88.5 Å². The van der Waals surface area contributed by atoms with Crippen molar-refractivity contribution < 1.29 is 4.79 Å². The van der Waals surface area contributed by atoms with Gasteiger partial charge >= 0.3 is 0 Å². The van der Waals surface area contributed by atoms with Gasteiger partial charge in [0, 0.05) is 24.0 Å². The van der Waals surface area contributed by atoms with Crippen LogP contribution in [0, 0.1) is 6.92 Å². The Balaban J connectivity index is 1.78. The van der Waals surface area contributed by atoms with Crippen LogP contribution in [0.25, 0.3) is 11.4 Å². The molecule has 7 heteroatoms. The number of hydrogen-bond donors (Lipinski definition) is 2. The van der Waals surface area contributed by atoms with E-state index in [0.29, 0.717) is 11.3 Å². The molecule has 0 saturated heterocycles. The van der Waals surface area contributed by atoms with Gasteiger partial charge in [-0.15, -0.1) is 10.2 Å². The third-order valence-electron chi connectivity index (χ3n) is 3.19. The Morgan fingerprint density at radius 3 is 2.62 bits per heavy atom. The molecule has 0 spiro atoms. The summed E-state index contributed by atoms with van der Waals surface area (Å²) < 4.78 is 1.84. The summed E-state index contributed by atoms with van der Waals surface area (Å²) in [5, 5.41) is 17.3. The molecule has 0 aliphatic carbocycles. The summed E-state index contributed by atoms with van der Waals surface area (Å²) in [6.45, 7) is 1.80. The zero-order chi connectivity index (χ0) is 14.8. The molecule has 0 bridgehead atoms. The predicted octanol–water partition coefficient (Wildman–Crippen LogP) is 1.77. The number of nitrogens with zero attached hydrogens (tertiary/aromatic N) is 4. The fraction of sp³-hybridized carbons (Fsp3) is 0.143. The minimum absolute atomic E-state index is 0.187. The SMILES string of the molecule is Cc1[nH]ncc1C(=O)Nc1ccc(-c2nncn2C)cc1. The largest absolute Gasteiger partial charge is 0.322 e. The first kappa shape index (κ1) is 13.0. The Morgan fingerprint density at radius 2 is 2.05 bits per heavy atom. The Bertz CT molecular complexity index is 771. The van der Waals surface area contributed by atoms with Crippen LogP contribution in [0.5, 0.6) is 0 Å². The second-order valence-electron chi connectivity index (χ2n) is 4.71. The number of benzene rings is 1. The number of carbonyl (C=O) groups is 1. The lowest BCUT2D eigenvalue weighted by atomic mass is 10.2. The molecular formula is C14H14N6O. The van der Waals surface area contributed by atoms with Gasteiger partial charge < -0.3 is 9.88 Å². The molecule has 0 saturated carbocycles. The molecule has 0 radical (unpaired) electrons. The third kappa shape index (κ3) is 2.53. The molecule has 3 rings (SSSR count). The normalized spacial score (nSPS) is 10.6. The lowest BCUT2D eigenvalue weighted by Crippen LogP contribution is -2.12. The van der Waals surface area contributed by atoms with E-state index < -0.39 is 0 Å². The number of amides is 1. The highest BCUT2D eigenvalue weighted by Gasteiger charge is 2.11. The van der Waals surface area contributed by atoms with Crippen LogP contribution >= 0.6 is 0 Å². The van der Waals surface area contributed by atoms with Gasteiger partial charge in [-0.1, -0.05) is 0 Å². The van der Waals surface area contributed by atoms with Gasteiger partial charge in [0.25, 0.3) is 5.91 Å². The highest BCUT2D eigenvalue weighted by Crippen LogP contribution is 2.19. The van der Waals surface area contributed by atoms with E-state index in [2.05, 4.69) is 25.7 Å². The highest BCUT2D eigenvalue weighted by molar-refractivity contribution is 6.04. The zero-order valence-corrected chi connectivity index (χ0v) is 11.7. The molecule has 21 heavy (non-hydrogen) atoms. The van der Waals surface area contributed by atoms with E-state index in [0.717, 1.165) is 17.1 Å². The molecule has 0 fully saturated rings. The molecule has 2 heterocycles. The molecule has 106 valence electrons. The van der Waals surface area contributed by atoms with Gasteiger partial charge in [-0.25, -0.2) is 0 Å². The van der Waals surface area contributed by atoms with Gasteiger partial charge in [0.2, 0.25) is 0 Å². The molecule has 3 aromatic rings. The van der Waals surface area contributed by atoms with Crippen molar-refractivity contribution >= 4 is 11.6 Å². The summed E-state index contributed by atoms with van der Waals surface area (Å²) in [6, 6.07) is 7.44. The first-order valence-corrected chi connectivity index (χ1v) is 6.41. The van der Waals surface area contributed by atoms with Gasteiger partial charge in [0.15, 0.2) is 5.82 Å². The second kappa shape index (κ2) is 5.20. The summed E-state index contributed by atoms with van der Waals surface area (Å²) in [6.07, 6.45) is 3.16. The molecular weight excluding hydrogens is 268 g/mol. The molecule has 0 aliphatic heterocycles. The predicted molar refractivity (Wildman–Crippen MR) is 77.7 cm³/mol. The van der Waals surface area contributed by atoms with Gasteiger partial charge in [-0.2, -0.15) is 5.10 Å². The molecule has 0 unspecified atom stereocenters. The minimum atomic E-state index is -0.187. The van der Waals surface area contributed by atoms with Crippen LogP contribution in [0.15, 0.2) is 36.8 Å². The second-order valence-corrected chi connectivity index (χ2v) is 4.71. The smallest absolute Gasteiger partial charge is 0.259 e. The van der Waals surface area contributed by atoms with E-state index in [1.165, 1.54) is 6.20 Å². The minimum Gasteiger partial charge on any atom is -0.322 e. The molecule has 7 nitrogen and oxygen atoms in total. The van der Waals surface area contributed by atoms with E-state index in [1.807, 2.05) is 35.9 Å². The Labute approximate surface area is 121 Å². The van der Waals surface area contributed by atoms with E-state index in [9.17, 15) is 4.79 Å². The van der Waals surface area contributed by atoms with Crippen LogP contribution in [0.1, 0.15) is 16.1 Å². The number of hydrogen-bond acceptors (Lipinski definition) is 4. The van der Waals surface area contributed by atoms with Crippen LogP contribution < -0.4 is 5.32 Å². The maximum atomic E-state index is 12.1. The Hall–Kier alpha value is -2.96. The molecule has 1 aromatic carbocycles. The number of H-pyrrole nitrogens is 1. The first-order chi connectivity index (χ1) is 10.1. The van der Waals surface area contributed by atoms with Crippen LogP contribution in [0.2, 0.25) is 0 Å². The Kier molecular flexibility index (Phi) is 3.23. The van der Waals surface area contributed by atoms with E-state index in [4.69, 9.17) is 0 Å². The average molecular weight is 282 g/mol. The average Bonchev–Trinajstić information content (AvgIpc) is 3.08. The van der Waals surface area contributed by atoms with Crippen molar-refractivity contribution in [2.24, 2.45) is 7.05 Å². The van der Waals surface area contributed by atoms with Crippen molar-refractivity contribution in [1.29, 1.82) is 0 Å². The lowest BCUT2D eigenvalue weighted by molar-refractivity contribution is 0.102.